The molecular formula is C25H27NO2. The highest BCUT2D eigenvalue weighted by molar-refractivity contribution is 5.94. The lowest BCUT2D eigenvalue weighted by Crippen LogP contribution is -2.19. The molecule has 0 fully saturated rings. The Kier molecular flexibility index (Phi) is 5.93. The van der Waals surface area contributed by atoms with Crippen LogP contribution in [-0.4, -0.2) is 10.8 Å². The molecule has 0 aliphatic carbocycles. The van der Waals surface area contributed by atoms with Crippen molar-refractivity contribution in [2.75, 3.05) is 0 Å². The van der Waals surface area contributed by atoms with Crippen LogP contribution in [0, 0.1) is 5.41 Å². The Morgan fingerprint density at radius 3 is 2.04 bits per heavy atom. The molecule has 1 atom stereocenters. The molecule has 2 aromatic carbocycles. The summed E-state index contributed by atoms with van der Waals surface area (Å²) in [5.41, 5.74) is 4.13. The number of carbonyl (C=O) groups excluding carboxylic acids is 1. The van der Waals surface area contributed by atoms with Crippen molar-refractivity contribution in [3.8, 4) is 5.75 Å². The van der Waals surface area contributed by atoms with E-state index in [1.807, 2.05) is 42.5 Å². The fraction of sp³-hybridized carbons (Fsp3) is 0.280. The number of ketones is 1. The van der Waals surface area contributed by atoms with Crippen LogP contribution in [0.3, 0.4) is 0 Å². The summed E-state index contributed by atoms with van der Waals surface area (Å²) < 4.78 is 5.86. The van der Waals surface area contributed by atoms with E-state index < -0.39 is 0 Å². The molecule has 28 heavy (non-hydrogen) atoms. The van der Waals surface area contributed by atoms with Crippen molar-refractivity contribution in [2.24, 2.45) is 5.41 Å². The van der Waals surface area contributed by atoms with Crippen LogP contribution in [0.1, 0.15) is 60.8 Å². The Balaban J connectivity index is 1.80. The highest BCUT2D eigenvalue weighted by atomic mass is 16.5. The largest absolute Gasteiger partial charge is 0.487 e. The van der Waals surface area contributed by atoms with Crippen molar-refractivity contribution >= 4 is 5.78 Å². The lowest BCUT2D eigenvalue weighted by molar-refractivity contribution is 0.101. The highest BCUT2D eigenvalue weighted by Gasteiger charge is 2.28. The SMILES string of the molecule is CC(=O)c1ccc(C(c2ccc(OCc3ccccn3)cc2)C(C)(C)C)cc1. The van der Waals surface area contributed by atoms with Crippen molar-refractivity contribution in [3.05, 3.63) is 95.3 Å². The standard InChI is InChI=1S/C25H27NO2/c1-18(27)19-8-10-20(11-9-19)24(25(2,3)4)21-12-14-23(15-13-21)28-17-22-7-5-6-16-26-22/h5-16,24H,17H2,1-4H3. The Bertz CT molecular complexity index is 908. The third-order valence-corrected chi connectivity index (χ3v) is 4.84. The molecule has 0 saturated carbocycles. The normalized spacial score (nSPS) is 12.4. The molecule has 0 spiro atoms. The molecule has 1 heterocycles. The van der Waals surface area contributed by atoms with Crippen LogP contribution in [0.25, 0.3) is 0 Å². The minimum atomic E-state index is 0.0358. The maximum atomic E-state index is 11.6. The maximum absolute atomic E-state index is 11.6. The van der Waals surface area contributed by atoms with Gasteiger partial charge in [0.15, 0.2) is 5.78 Å². The van der Waals surface area contributed by atoms with Crippen molar-refractivity contribution in [3.63, 3.8) is 0 Å². The van der Waals surface area contributed by atoms with Crippen LogP contribution < -0.4 is 4.74 Å². The van der Waals surface area contributed by atoms with E-state index in [9.17, 15) is 4.79 Å². The molecule has 0 aliphatic rings. The van der Waals surface area contributed by atoms with E-state index in [1.54, 1.807) is 13.1 Å². The summed E-state index contributed by atoms with van der Waals surface area (Å²) >= 11 is 0. The summed E-state index contributed by atoms with van der Waals surface area (Å²) in [5, 5.41) is 0. The lowest BCUT2D eigenvalue weighted by atomic mass is 9.72. The summed E-state index contributed by atoms with van der Waals surface area (Å²) in [6.45, 7) is 8.77. The zero-order valence-corrected chi connectivity index (χ0v) is 17.0. The number of aromatic nitrogens is 1. The molecule has 144 valence electrons. The van der Waals surface area contributed by atoms with E-state index in [-0.39, 0.29) is 17.1 Å². The van der Waals surface area contributed by atoms with Crippen LogP contribution in [-0.2, 0) is 6.61 Å². The second kappa shape index (κ2) is 8.39. The van der Waals surface area contributed by atoms with Gasteiger partial charge in [-0.1, -0.05) is 63.2 Å². The van der Waals surface area contributed by atoms with Gasteiger partial charge in [0.2, 0.25) is 0 Å². The quantitative estimate of drug-likeness (QED) is 0.494. The van der Waals surface area contributed by atoms with Crippen LogP contribution >= 0.6 is 0 Å². The van der Waals surface area contributed by atoms with E-state index in [4.69, 9.17) is 4.74 Å². The molecule has 0 aliphatic heterocycles. The van der Waals surface area contributed by atoms with E-state index in [1.165, 1.54) is 11.1 Å². The van der Waals surface area contributed by atoms with Crippen molar-refractivity contribution in [1.82, 2.24) is 4.98 Å². The number of ether oxygens (including phenoxy) is 1. The van der Waals surface area contributed by atoms with E-state index in [0.29, 0.717) is 6.61 Å². The van der Waals surface area contributed by atoms with Crippen LogP contribution in [0.5, 0.6) is 5.75 Å². The van der Waals surface area contributed by atoms with Gasteiger partial charge in [0.25, 0.3) is 0 Å². The number of carbonyl (C=O) groups is 1. The molecule has 0 N–H and O–H groups in total. The first-order valence-corrected chi connectivity index (χ1v) is 9.58. The summed E-state index contributed by atoms with van der Waals surface area (Å²) in [6.07, 6.45) is 1.77. The van der Waals surface area contributed by atoms with E-state index in [0.717, 1.165) is 17.0 Å². The van der Waals surface area contributed by atoms with Gasteiger partial charge in [-0.3, -0.25) is 9.78 Å². The second-order valence-electron chi connectivity index (χ2n) is 8.16. The second-order valence-corrected chi connectivity index (χ2v) is 8.16. The molecule has 0 saturated heterocycles. The van der Waals surface area contributed by atoms with Crippen LogP contribution in [0.4, 0.5) is 0 Å². The minimum Gasteiger partial charge on any atom is -0.487 e. The summed E-state index contributed by atoms with van der Waals surface area (Å²) in [6, 6.07) is 22.1. The molecule has 1 unspecified atom stereocenters. The Labute approximate surface area is 167 Å². The van der Waals surface area contributed by atoms with E-state index >= 15 is 0 Å². The van der Waals surface area contributed by atoms with Gasteiger partial charge < -0.3 is 4.74 Å². The van der Waals surface area contributed by atoms with Crippen LogP contribution in [0.15, 0.2) is 72.9 Å². The number of Topliss-reactive ketones (excluding diaryl/α,β-unsaturated/α-hetero) is 1. The topological polar surface area (TPSA) is 39.2 Å². The molecule has 0 amide bonds. The lowest BCUT2D eigenvalue weighted by Gasteiger charge is -2.32. The summed E-state index contributed by atoms with van der Waals surface area (Å²) in [4.78, 5) is 15.9. The smallest absolute Gasteiger partial charge is 0.159 e. The van der Waals surface area contributed by atoms with Gasteiger partial charge in [0.05, 0.1) is 5.69 Å². The van der Waals surface area contributed by atoms with Gasteiger partial charge in [-0.25, -0.2) is 0 Å². The Morgan fingerprint density at radius 1 is 0.929 bits per heavy atom. The first-order valence-electron chi connectivity index (χ1n) is 9.58. The number of hydrogen-bond donors (Lipinski definition) is 0. The molecule has 3 heteroatoms. The zero-order valence-electron chi connectivity index (χ0n) is 17.0. The first-order chi connectivity index (χ1) is 13.3. The van der Waals surface area contributed by atoms with Crippen molar-refractivity contribution in [2.45, 2.75) is 40.2 Å². The van der Waals surface area contributed by atoms with Gasteiger partial charge >= 0.3 is 0 Å². The number of hydrogen-bond acceptors (Lipinski definition) is 3. The Morgan fingerprint density at radius 2 is 1.54 bits per heavy atom. The average molecular weight is 373 g/mol. The third-order valence-electron chi connectivity index (χ3n) is 4.84. The predicted octanol–water partition coefficient (Wildman–Crippen LogP) is 6.04. The Hall–Kier alpha value is -2.94. The van der Waals surface area contributed by atoms with Gasteiger partial charge in [0, 0.05) is 17.7 Å². The van der Waals surface area contributed by atoms with Crippen LogP contribution in [0.2, 0.25) is 0 Å². The molecule has 1 aromatic heterocycles. The number of pyridine rings is 1. The van der Waals surface area contributed by atoms with E-state index in [2.05, 4.69) is 50.0 Å². The summed E-state index contributed by atoms with van der Waals surface area (Å²) in [7, 11) is 0. The van der Waals surface area contributed by atoms with Gasteiger partial charge in [0.1, 0.15) is 12.4 Å². The van der Waals surface area contributed by atoms with Crippen molar-refractivity contribution in [1.29, 1.82) is 0 Å². The fourth-order valence-electron chi connectivity index (χ4n) is 3.50. The fourth-order valence-corrected chi connectivity index (χ4v) is 3.50. The minimum absolute atomic E-state index is 0.0358. The molecule has 3 nitrogen and oxygen atoms in total. The number of rotatable bonds is 6. The molecule has 0 bridgehead atoms. The van der Waals surface area contributed by atoms with Gasteiger partial charge in [-0.05, 0) is 47.7 Å². The number of benzene rings is 2. The molecule has 3 aromatic rings. The maximum Gasteiger partial charge on any atom is 0.159 e. The third kappa shape index (κ3) is 4.86. The van der Waals surface area contributed by atoms with Crippen molar-refractivity contribution < 1.29 is 9.53 Å². The van der Waals surface area contributed by atoms with Gasteiger partial charge in [-0.15, -0.1) is 0 Å². The zero-order chi connectivity index (χ0) is 20.1. The monoisotopic (exact) mass is 373 g/mol. The number of nitrogens with zero attached hydrogens (tertiary/aromatic N) is 1. The predicted molar refractivity (Wildman–Crippen MR) is 113 cm³/mol. The summed E-state index contributed by atoms with van der Waals surface area (Å²) in [5.74, 6) is 1.14. The van der Waals surface area contributed by atoms with Gasteiger partial charge in [-0.2, -0.15) is 0 Å². The molecule has 3 rings (SSSR count). The average Bonchev–Trinajstić information content (AvgIpc) is 2.68. The molecular weight excluding hydrogens is 346 g/mol. The highest BCUT2D eigenvalue weighted by Crippen LogP contribution is 2.41. The first kappa shape index (κ1) is 19.8. The molecule has 0 radical (unpaired) electrons.